The zero-order valence-corrected chi connectivity index (χ0v) is 8.33. The number of phenols is 1. The van der Waals surface area contributed by atoms with Gasteiger partial charge in [0.2, 0.25) is 5.67 Å². The molecule has 0 aliphatic carbocycles. The first-order chi connectivity index (χ1) is 7.68. The normalized spacial score (nSPS) is 15.3. The van der Waals surface area contributed by atoms with Crippen LogP contribution in [0.2, 0.25) is 0 Å². The van der Waals surface area contributed by atoms with E-state index in [0.29, 0.717) is 6.07 Å². The Morgan fingerprint density at radius 2 is 1.71 bits per heavy atom. The fourth-order valence-electron chi connectivity index (χ4n) is 1.37. The molecule has 0 saturated carbocycles. The Morgan fingerprint density at radius 1 is 1.18 bits per heavy atom. The lowest BCUT2D eigenvalue weighted by atomic mass is 9.91. The van der Waals surface area contributed by atoms with Gasteiger partial charge in [-0.1, -0.05) is 18.2 Å². The molecule has 1 unspecified atom stereocenters. The first-order valence-electron chi connectivity index (χ1n) is 4.44. The number of hydrogen-bond donors (Lipinski definition) is 2. The highest BCUT2D eigenvalue weighted by Crippen LogP contribution is 2.47. The standard InChI is InChI=1S/C10H8F4O3/c11-9(5-8(16)17,10(12,13)14)6-3-1-2-4-7(6)15/h1-4,15H,5H2,(H,16,17). The third kappa shape index (κ3) is 2.48. The maximum atomic E-state index is 13.9. The largest absolute Gasteiger partial charge is 0.508 e. The van der Waals surface area contributed by atoms with E-state index >= 15 is 0 Å². The van der Waals surface area contributed by atoms with Crippen LogP contribution in [0.25, 0.3) is 0 Å². The van der Waals surface area contributed by atoms with Crippen molar-refractivity contribution in [3.8, 4) is 5.75 Å². The van der Waals surface area contributed by atoms with E-state index in [9.17, 15) is 27.5 Å². The maximum Gasteiger partial charge on any atom is 0.427 e. The summed E-state index contributed by atoms with van der Waals surface area (Å²) in [5, 5.41) is 17.5. The average Bonchev–Trinajstić information content (AvgIpc) is 2.15. The molecule has 0 aromatic heterocycles. The number of rotatable bonds is 3. The maximum absolute atomic E-state index is 13.9. The van der Waals surface area contributed by atoms with Gasteiger partial charge in [-0.2, -0.15) is 13.2 Å². The fraction of sp³-hybridized carbons (Fsp3) is 0.300. The van der Waals surface area contributed by atoms with Crippen LogP contribution < -0.4 is 0 Å². The van der Waals surface area contributed by atoms with E-state index in [0.717, 1.165) is 12.1 Å². The van der Waals surface area contributed by atoms with E-state index in [1.165, 1.54) is 6.07 Å². The van der Waals surface area contributed by atoms with Gasteiger partial charge in [-0.05, 0) is 6.07 Å². The second kappa shape index (κ2) is 4.23. The quantitative estimate of drug-likeness (QED) is 0.813. The molecule has 0 bridgehead atoms. The molecule has 0 aliphatic heterocycles. The van der Waals surface area contributed by atoms with Crippen molar-refractivity contribution in [3.63, 3.8) is 0 Å². The molecule has 1 aromatic carbocycles. The molecular formula is C10H8F4O3. The highest BCUT2D eigenvalue weighted by Gasteiger charge is 2.59. The smallest absolute Gasteiger partial charge is 0.427 e. The number of para-hydroxylation sites is 1. The van der Waals surface area contributed by atoms with Crippen molar-refractivity contribution >= 4 is 5.97 Å². The summed E-state index contributed by atoms with van der Waals surface area (Å²) in [5.41, 5.74) is -5.21. The summed E-state index contributed by atoms with van der Waals surface area (Å²) in [7, 11) is 0. The number of halogens is 4. The highest BCUT2D eigenvalue weighted by atomic mass is 19.4. The van der Waals surface area contributed by atoms with Crippen molar-refractivity contribution < 1.29 is 32.6 Å². The lowest BCUT2D eigenvalue weighted by Crippen LogP contribution is -2.40. The van der Waals surface area contributed by atoms with Gasteiger partial charge in [-0.3, -0.25) is 4.79 Å². The summed E-state index contributed by atoms with van der Waals surface area (Å²) >= 11 is 0. The number of carboxylic acid groups (broad SMARTS) is 1. The van der Waals surface area contributed by atoms with Gasteiger partial charge < -0.3 is 10.2 Å². The fourth-order valence-corrected chi connectivity index (χ4v) is 1.37. The second-order valence-electron chi connectivity index (χ2n) is 3.39. The lowest BCUT2D eigenvalue weighted by molar-refractivity contribution is -0.239. The molecule has 94 valence electrons. The molecule has 0 radical (unpaired) electrons. The molecule has 1 aromatic rings. The Morgan fingerprint density at radius 3 is 2.12 bits per heavy atom. The number of carbonyl (C=O) groups is 1. The van der Waals surface area contributed by atoms with Gasteiger partial charge >= 0.3 is 12.1 Å². The van der Waals surface area contributed by atoms with E-state index in [2.05, 4.69) is 0 Å². The number of alkyl halides is 4. The molecule has 1 atom stereocenters. The van der Waals surface area contributed by atoms with Gasteiger partial charge in [0.1, 0.15) is 5.75 Å². The third-order valence-electron chi connectivity index (χ3n) is 2.18. The van der Waals surface area contributed by atoms with Gasteiger partial charge in [0.25, 0.3) is 0 Å². The Kier molecular flexibility index (Phi) is 3.30. The summed E-state index contributed by atoms with van der Waals surface area (Å²) in [6, 6.07) is 3.84. The number of aliphatic carboxylic acids is 1. The first-order valence-corrected chi connectivity index (χ1v) is 4.44. The van der Waals surface area contributed by atoms with Crippen molar-refractivity contribution in [1.29, 1.82) is 0 Å². The van der Waals surface area contributed by atoms with Crippen molar-refractivity contribution in [2.45, 2.75) is 18.3 Å². The van der Waals surface area contributed by atoms with E-state index in [-0.39, 0.29) is 0 Å². The SMILES string of the molecule is O=C(O)CC(F)(c1ccccc1O)C(F)(F)F. The summed E-state index contributed by atoms with van der Waals surface area (Å²) < 4.78 is 51.6. The van der Waals surface area contributed by atoms with Crippen LogP contribution in [0.4, 0.5) is 17.6 Å². The van der Waals surface area contributed by atoms with Crippen molar-refractivity contribution in [1.82, 2.24) is 0 Å². The van der Waals surface area contributed by atoms with E-state index in [1.54, 1.807) is 0 Å². The summed E-state index contributed by atoms with van der Waals surface area (Å²) in [6.45, 7) is 0. The molecule has 7 heteroatoms. The van der Waals surface area contributed by atoms with Crippen LogP contribution in [0.3, 0.4) is 0 Å². The van der Waals surface area contributed by atoms with Crippen LogP contribution >= 0.6 is 0 Å². The minimum absolute atomic E-state index is 0.700. The average molecular weight is 252 g/mol. The van der Waals surface area contributed by atoms with Crippen LogP contribution in [-0.4, -0.2) is 22.4 Å². The Labute approximate surface area is 93.3 Å². The highest BCUT2D eigenvalue weighted by molar-refractivity contribution is 5.69. The Bertz CT molecular complexity index is 430. The summed E-state index contributed by atoms with van der Waals surface area (Å²) in [5.74, 6) is -2.89. The van der Waals surface area contributed by atoms with Crippen LogP contribution in [0.5, 0.6) is 5.75 Å². The number of aromatic hydroxyl groups is 1. The molecule has 1 rings (SSSR count). The number of hydrogen-bond acceptors (Lipinski definition) is 2. The first kappa shape index (κ1) is 13.3. The van der Waals surface area contributed by atoms with Gasteiger partial charge in [-0.15, -0.1) is 0 Å². The molecule has 2 N–H and O–H groups in total. The zero-order valence-electron chi connectivity index (χ0n) is 8.33. The van der Waals surface area contributed by atoms with Crippen molar-refractivity contribution in [3.05, 3.63) is 29.8 Å². The Balaban J connectivity index is 3.35. The van der Waals surface area contributed by atoms with Crippen LogP contribution in [0, 0.1) is 0 Å². The van der Waals surface area contributed by atoms with Crippen LogP contribution in [0.15, 0.2) is 24.3 Å². The van der Waals surface area contributed by atoms with Gasteiger partial charge in [-0.25, -0.2) is 4.39 Å². The predicted octanol–water partition coefficient (Wildman–Crippen LogP) is 2.59. The minimum atomic E-state index is -5.43. The van der Waals surface area contributed by atoms with E-state index < -0.39 is 35.5 Å². The van der Waals surface area contributed by atoms with E-state index in [1.807, 2.05) is 0 Å². The molecule has 0 saturated heterocycles. The molecule has 3 nitrogen and oxygen atoms in total. The topological polar surface area (TPSA) is 57.5 Å². The lowest BCUT2D eigenvalue weighted by Gasteiger charge is -2.27. The molecule has 0 aliphatic rings. The zero-order chi connectivity index (χ0) is 13.3. The molecule has 0 spiro atoms. The minimum Gasteiger partial charge on any atom is -0.508 e. The monoisotopic (exact) mass is 252 g/mol. The molecule has 17 heavy (non-hydrogen) atoms. The number of phenolic OH excluding ortho intramolecular Hbond substituents is 1. The number of benzene rings is 1. The van der Waals surface area contributed by atoms with E-state index in [4.69, 9.17) is 5.11 Å². The second-order valence-corrected chi connectivity index (χ2v) is 3.39. The molecule has 0 amide bonds. The number of carboxylic acids is 1. The van der Waals surface area contributed by atoms with Crippen LogP contribution in [0.1, 0.15) is 12.0 Å². The third-order valence-corrected chi connectivity index (χ3v) is 2.18. The van der Waals surface area contributed by atoms with Crippen molar-refractivity contribution in [2.75, 3.05) is 0 Å². The predicted molar refractivity (Wildman–Crippen MR) is 49.2 cm³/mol. The van der Waals surface area contributed by atoms with Gasteiger partial charge in [0.15, 0.2) is 0 Å². The molecule has 0 fully saturated rings. The molecular weight excluding hydrogens is 244 g/mol. The van der Waals surface area contributed by atoms with Gasteiger partial charge in [0.05, 0.1) is 6.42 Å². The van der Waals surface area contributed by atoms with Crippen molar-refractivity contribution in [2.24, 2.45) is 0 Å². The van der Waals surface area contributed by atoms with Gasteiger partial charge in [0, 0.05) is 5.56 Å². The Hall–Kier alpha value is -1.79. The summed E-state index contributed by atoms with van der Waals surface area (Å²) in [6.07, 6.45) is -7.22. The molecule has 0 heterocycles. The summed E-state index contributed by atoms with van der Waals surface area (Å²) in [4.78, 5) is 10.3. The van der Waals surface area contributed by atoms with Crippen LogP contribution in [-0.2, 0) is 10.5 Å².